The van der Waals surface area contributed by atoms with Gasteiger partial charge in [0, 0.05) is 26.0 Å². The van der Waals surface area contributed by atoms with Crippen LogP contribution in [0.1, 0.15) is 6.92 Å². The van der Waals surface area contributed by atoms with E-state index in [0.717, 1.165) is 6.54 Å². The molecule has 0 aromatic carbocycles. The minimum atomic E-state index is 0.359. The van der Waals surface area contributed by atoms with Crippen LogP contribution in [0.25, 0.3) is 11.5 Å². The van der Waals surface area contributed by atoms with Crippen LogP contribution in [0.3, 0.4) is 0 Å². The van der Waals surface area contributed by atoms with Gasteiger partial charge in [-0.3, -0.25) is 4.57 Å². The molecule has 2 aromatic rings. The Hall–Kier alpha value is -1.76. The molecule has 2 N–H and O–H groups in total. The Morgan fingerprint density at radius 3 is 2.69 bits per heavy atom. The highest BCUT2D eigenvalue weighted by Crippen LogP contribution is 2.19. The minimum Gasteiger partial charge on any atom is -0.382 e. The highest BCUT2D eigenvalue weighted by atomic mass is 32.1. The van der Waals surface area contributed by atoms with Gasteiger partial charge in [-0.2, -0.15) is 5.10 Å². The number of nitrogens with two attached hydrogens (primary N) is 1. The predicted octanol–water partition coefficient (Wildman–Crippen LogP) is 1.01. The van der Waals surface area contributed by atoms with Crippen molar-refractivity contribution in [3.8, 4) is 11.5 Å². The summed E-state index contributed by atoms with van der Waals surface area (Å²) >= 11 is 5.23. The Kier molecular flexibility index (Phi) is 2.69. The van der Waals surface area contributed by atoms with E-state index in [2.05, 4.69) is 15.1 Å². The summed E-state index contributed by atoms with van der Waals surface area (Å²) in [5.74, 6) is 1.01. The molecule has 0 unspecified atom stereocenters. The zero-order chi connectivity index (χ0) is 11.7. The van der Waals surface area contributed by atoms with E-state index in [9.17, 15) is 0 Å². The second-order valence-electron chi connectivity index (χ2n) is 3.26. The molecule has 0 atom stereocenters. The molecule has 0 spiro atoms. The van der Waals surface area contributed by atoms with Crippen molar-refractivity contribution in [1.29, 1.82) is 0 Å². The van der Waals surface area contributed by atoms with E-state index in [4.69, 9.17) is 18.0 Å². The van der Waals surface area contributed by atoms with Crippen molar-refractivity contribution in [2.24, 2.45) is 7.05 Å². The molecular weight excluding hydrogens is 224 g/mol. The summed E-state index contributed by atoms with van der Waals surface area (Å²) in [5, 5.41) is 4.31. The maximum Gasteiger partial charge on any atom is 0.197 e. The van der Waals surface area contributed by atoms with Crippen molar-refractivity contribution in [3.05, 3.63) is 17.2 Å². The topological polar surface area (TPSA) is 74.6 Å². The van der Waals surface area contributed by atoms with Crippen molar-refractivity contribution in [1.82, 2.24) is 24.3 Å². The van der Waals surface area contributed by atoms with Crippen molar-refractivity contribution in [2.45, 2.75) is 13.5 Å². The lowest BCUT2D eigenvalue weighted by molar-refractivity contribution is 0.708. The Labute approximate surface area is 97.8 Å². The molecule has 0 amide bonds. The largest absolute Gasteiger partial charge is 0.382 e. The van der Waals surface area contributed by atoms with Gasteiger partial charge in [0.2, 0.25) is 0 Å². The molecule has 6 nitrogen and oxygen atoms in total. The number of nitrogens with zero attached hydrogens (tertiary/aromatic N) is 5. The SMILES string of the molecule is CCn1c(-c2nccnc2N)nn(C)c1=S. The van der Waals surface area contributed by atoms with E-state index in [1.807, 2.05) is 11.5 Å². The van der Waals surface area contributed by atoms with E-state index in [1.165, 1.54) is 0 Å². The molecule has 7 heteroatoms. The van der Waals surface area contributed by atoms with Crippen LogP contribution in [0.5, 0.6) is 0 Å². The molecule has 2 aromatic heterocycles. The van der Waals surface area contributed by atoms with Gasteiger partial charge in [0.1, 0.15) is 5.69 Å². The van der Waals surface area contributed by atoms with E-state index in [1.54, 1.807) is 24.1 Å². The highest BCUT2D eigenvalue weighted by molar-refractivity contribution is 7.71. The van der Waals surface area contributed by atoms with Crippen molar-refractivity contribution in [3.63, 3.8) is 0 Å². The van der Waals surface area contributed by atoms with E-state index in [0.29, 0.717) is 22.1 Å². The van der Waals surface area contributed by atoms with Crippen LogP contribution in [0.2, 0.25) is 0 Å². The second-order valence-corrected chi connectivity index (χ2v) is 3.63. The third-order valence-electron chi connectivity index (χ3n) is 2.26. The first-order valence-electron chi connectivity index (χ1n) is 4.85. The van der Waals surface area contributed by atoms with Gasteiger partial charge in [-0.1, -0.05) is 0 Å². The fraction of sp³-hybridized carbons (Fsp3) is 0.333. The zero-order valence-corrected chi connectivity index (χ0v) is 9.90. The summed E-state index contributed by atoms with van der Waals surface area (Å²) < 4.78 is 4.14. The first kappa shape index (κ1) is 10.7. The number of rotatable bonds is 2. The number of aryl methyl sites for hydroxylation is 1. The summed E-state index contributed by atoms with van der Waals surface area (Å²) in [6.45, 7) is 2.71. The van der Waals surface area contributed by atoms with Gasteiger partial charge in [0.15, 0.2) is 16.4 Å². The number of hydrogen-bond donors (Lipinski definition) is 1. The Bertz CT molecular complexity index is 570. The molecule has 0 aliphatic carbocycles. The van der Waals surface area contributed by atoms with Crippen LogP contribution in [0, 0.1) is 4.77 Å². The molecule has 0 radical (unpaired) electrons. The molecule has 0 aliphatic heterocycles. The van der Waals surface area contributed by atoms with Crippen LogP contribution in [-0.4, -0.2) is 24.3 Å². The Morgan fingerprint density at radius 1 is 1.38 bits per heavy atom. The zero-order valence-electron chi connectivity index (χ0n) is 9.08. The fourth-order valence-corrected chi connectivity index (χ4v) is 1.74. The first-order valence-corrected chi connectivity index (χ1v) is 5.26. The highest BCUT2D eigenvalue weighted by Gasteiger charge is 2.14. The molecule has 0 bridgehead atoms. The van der Waals surface area contributed by atoms with Crippen LogP contribution in [0.4, 0.5) is 5.82 Å². The van der Waals surface area contributed by atoms with Crippen LogP contribution in [0.15, 0.2) is 12.4 Å². The van der Waals surface area contributed by atoms with E-state index in [-0.39, 0.29) is 0 Å². The average molecular weight is 236 g/mol. The van der Waals surface area contributed by atoms with Gasteiger partial charge in [0.05, 0.1) is 0 Å². The van der Waals surface area contributed by atoms with Crippen LogP contribution >= 0.6 is 12.2 Å². The molecule has 0 saturated heterocycles. The van der Waals surface area contributed by atoms with Gasteiger partial charge in [0.25, 0.3) is 0 Å². The number of hydrogen-bond acceptors (Lipinski definition) is 5. The van der Waals surface area contributed by atoms with Crippen LogP contribution in [-0.2, 0) is 13.6 Å². The molecule has 2 rings (SSSR count). The number of nitrogen functional groups attached to an aromatic ring is 1. The summed E-state index contributed by atoms with van der Waals surface area (Å²) in [4.78, 5) is 8.17. The van der Waals surface area contributed by atoms with Gasteiger partial charge in [-0.25, -0.2) is 14.6 Å². The quantitative estimate of drug-likeness (QED) is 0.788. The number of aromatic nitrogens is 5. The Morgan fingerprint density at radius 2 is 2.06 bits per heavy atom. The molecule has 0 saturated carbocycles. The lowest BCUT2D eigenvalue weighted by Gasteiger charge is -2.03. The van der Waals surface area contributed by atoms with Gasteiger partial charge in [-0.05, 0) is 19.1 Å². The van der Waals surface area contributed by atoms with E-state index >= 15 is 0 Å². The van der Waals surface area contributed by atoms with Crippen molar-refractivity contribution < 1.29 is 0 Å². The van der Waals surface area contributed by atoms with Crippen molar-refractivity contribution in [2.75, 3.05) is 5.73 Å². The summed E-state index contributed by atoms with van der Waals surface area (Å²) in [5.41, 5.74) is 6.33. The number of anilines is 1. The fourth-order valence-electron chi connectivity index (χ4n) is 1.49. The molecule has 2 heterocycles. The summed E-state index contributed by atoms with van der Waals surface area (Å²) in [6.07, 6.45) is 3.14. The molecular formula is C9H12N6S. The predicted molar refractivity (Wildman–Crippen MR) is 63.1 cm³/mol. The second kappa shape index (κ2) is 4.01. The lowest BCUT2D eigenvalue weighted by Crippen LogP contribution is -2.03. The Balaban J connectivity index is 2.70. The molecule has 16 heavy (non-hydrogen) atoms. The van der Waals surface area contributed by atoms with Gasteiger partial charge < -0.3 is 5.73 Å². The standard InChI is InChI=1S/C9H12N6S/c1-3-15-8(13-14(2)9(15)16)6-7(10)12-5-4-11-6/h4-5H,3H2,1-2H3,(H2,10,12). The summed E-state index contributed by atoms with van der Waals surface area (Å²) in [7, 11) is 1.80. The van der Waals surface area contributed by atoms with Crippen LogP contribution < -0.4 is 5.73 Å². The van der Waals surface area contributed by atoms with Gasteiger partial charge >= 0.3 is 0 Å². The first-order chi connectivity index (χ1) is 7.65. The maximum atomic E-state index is 5.77. The maximum absolute atomic E-state index is 5.77. The monoisotopic (exact) mass is 236 g/mol. The van der Waals surface area contributed by atoms with Gasteiger partial charge in [-0.15, -0.1) is 0 Å². The molecule has 0 fully saturated rings. The third-order valence-corrected chi connectivity index (χ3v) is 2.75. The summed E-state index contributed by atoms with van der Waals surface area (Å²) in [6, 6.07) is 0. The smallest absolute Gasteiger partial charge is 0.197 e. The molecule has 0 aliphatic rings. The lowest BCUT2D eigenvalue weighted by atomic mass is 10.4. The minimum absolute atomic E-state index is 0.359. The third kappa shape index (κ3) is 1.58. The molecule has 84 valence electrons. The average Bonchev–Trinajstić information content (AvgIpc) is 2.56. The van der Waals surface area contributed by atoms with E-state index < -0.39 is 0 Å². The normalized spacial score (nSPS) is 10.6. The van der Waals surface area contributed by atoms with Crippen molar-refractivity contribution >= 4 is 18.0 Å².